The van der Waals surface area contributed by atoms with Gasteiger partial charge in [0.25, 0.3) is 0 Å². The molecule has 0 unspecified atom stereocenters. The molecule has 2 aromatic rings. The summed E-state index contributed by atoms with van der Waals surface area (Å²) in [6.45, 7) is 12.7. The average Bonchev–Trinajstić information content (AvgIpc) is 3.18. The molecule has 1 fully saturated rings. The lowest BCUT2D eigenvalue weighted by molar-refractivity contribution is -0.145. The first-order valence-corrected chi connectivity index (χ1v) is 10.1. The Hall–Kier alpha value is -2.17. The van der Waals surface area contributed by atoms with E-state index in [1.54, 1.807) is 17.1 Å². The molecule has 1 saturated heterocycles. The van der Waals surface area contributed by atoms with Gasteiger partial charge in [0.15, 0.2) is 11.8 Å². The van der Waals surface area contributed by atoms with E-state index in [4.69, 9.17) is 4.99 Å². The van der Waals surface area contributed by atoms with Gasteiger partial charge in [-0.3, -0.25) is 4.79 Å². The Bertz CT molecular complexity index is 864. The number of guanidine groups is 1. The number of nitrogens with zero attached hydrogens (tertiary/aromatic N) is 6. The minimum absolute atomic E-state index is 0. The minimum Gasteiger partial charge on any atom is -0.356 e. The summed E-state index contributed by atoms with van der Waals surface area (Å²) in [6, 6.07) is 5.97. The van der Waals surface area contributed by atoms with Gasteiger partial charge in [0, 0.05) is 37.7 Å². The number of nitrogens with one attached hydrogen (secondary N) is 1. The number of piperazine rings is 1. The molecule has 2 aromatic heterocycles. The number of carbonyl (C=O) groups is 1. The lowest BCUT2D eigenvalue weighted by Crippen LogP contribution is -2.66. The SMILES string of the molecule is CCNC(=NCc1ccnc(-n2cccn2)c1)N1CC(=O)N(C(C)C)C(C)(C)C1.I. The van der Waals surface area contributed by atoms with Crippen molar-refractivity contribution in [2.45, 2.75) is 52.7 Å². The van der Waals surface area contributed by atoms with E-state index in [2.05, 4.69) is 48.0 Å². The summed E-state index contributed by atoms with van der Waals surface area (Å²) in [6.07, 6.45) is 5.36. The van der Waals surface area contributed by atoms with Gasteiger partial charge in [-0.2, -0.15) is 5.10 Å². The van der Waals surface area contributed by atoms with Crippen LogP contribution in [0.1, 0.15) is 40.2 Å². The van der Waals surface area contributed by atoms with E-state index in [1.807, 2.05) is 36.2 Å². The highest BCUT2D eigenvalue weighted by molar-refractivity contribution is 14.0. The highest BCUT2D eigenvalue weighted by Gasteiger charge is 2.40. The van der Waals surface area contributed by atoms with Gasteiger partial charge in [-0.05, 0) is 58.4 Å². The summed E-state index contributed by atoms with van der Waals surface area (Å²) in [5.41, 5.74) is 0.774. The van der Waals surface area contributed by atoms with Crippen LogP contribution in [0.15, 0.2) is 41.8 Å². The third-order valence-corrected chi connectivity index (χ3v) is 4.94. The summed E-state index contributed by atoms with van der Waals surface area (Å²) in [7, 11) is 0. The predicted molar refractivity (Wildman–Crippen MR) is 129 cm³/mol. The summed E-state index contributed by atoms with van der Waals surface area (Å²) in [4.78, 5) is 26.0. The fourth-order valence-electron chi connectivity index (χ4n) is 3.99. The van der Waals surface area contributed by atoms with Gasteiger partial charge in [-0.15, -0.1) is 24.0 Å². The largest absolute Gasteiger partial charge is 0.356 e. The Kier molecular flexibility index (Phi) is 8.22. The van der Waals surface area contributed by atoms with Crippen LogP contribution in [0.4, 0.5) is 0 Å². The molecule has 0 saturated carbocycles. The zero-order valence-corrected chi connectivity index (χ0v) is 20.7. The van der Waals surface area contributed by atoms with Crippen molar-refractivity contribution in [3.8, 4) is 5.82 Å². The normalized spacial score (nSPS) is 16.6. The van der Waals surface area contributed by atoms with Crippen LogP contribution in [0.5, 0.6) is 0 Å². The average molecular weight is 525 g/mol. The number of aliphatic imine (C=N–C) groups is 1. The molecule has 9 heteroatoms. The molecule has 30 heavy (non-hydrogen) atoms. The summed E-state index contributed by atoms with van der Waals surface area (Å²) >= 11 is 0. The van der Waals surface area contributed by atoms with Crippen LogP contribution in [0.2, 0.25) is 0 Å². The molecule has 1 amide bonds. The number of amides is 1. The van der Waals surface area contributed by atoms with Crippen LogP contribution >= 0.6 is 24.0 Å². The molecule has 3 heterocycles. The van der Waals surface area contributed by atoms with Crippen molar-refractivity contribution >= 4 is 35.8 Å². The third kappa shape index (κ3) is 5.50. The second kappa shape index (κ2) is 10.2. The summed E-state index contributed by atoms with van der Waals surface area (Å²) in [5.74, 6) is 1.65. The highest BCUT2D eigenvalue weighted by atomic mass is 127. The van der Waals surface area contributed by atoms with Gasteiger partial charge < -0.3 is 15.1 Å². The predicted octanol–water partition coefficient (Wildman–Crippen LogP) is 2.68. The Balaban J connectivity index is 0.00000320. The molecule has 3 rings (SSSR count). The van der Waals surface area contributed by atoms with Crippen molar-refractivity contribution in [2.75, 3.05) is 19.6 Å². The smallest absolute Gasteiger partial charge is 0.242 e. The third-order valence-electron chi connectivity index (χ3n) is 4.94. The second-order valence-electron chi connectivity index (χ2n) is 8.17. The number of aromatic nitrogens is 3. The lowest BCUT2D eigenvalue weighted by atomic mass is 9.96. The van der Waals surface area contributed by atoms with Crippen LogP contribution < -0.4 is 5.32 Å². The van der Waals surface area contributed by atoms with Gasteiger partial charge in [0.2, 0.25) is 5.91 Å². The zero-order chi connectivity index (χ0) is 21.0. The molecule has 0 spiro atoms. The van der Waals surface area contributed by atoms with Crippen molar-refractivity contribution in [1.29, 1.82) is 0 Å². The lowest BCUT2D eigenvalue weighted by Gasteiger charge is -2.49. The number of halogens is 1. The number of hydrogen-bond donors (Lipinski definition) is 1. The Morgan fingerprint density at radius 1 is 1.33 bits per heavy atom. The summed E-state index contributed by atoms with van der Waals surface area (Å²) < 4.78 is 1.73. The Labute approximate surface area is 195 Å². The quantitative estimate of drug-likeness (QED) is 0.369. The van der Waals surface area contributed by atoms with Gasteiger partial charge in [-0.1, -0.05) is 0 Å². The van der Waals surface area contributed by atoms with E-state index < -0.39 is 0 Å². The number of carbonyl (C=O) groups excluding carboxylic acids is 1. The first-order valence-electron chi connectivity index (χ1n) is 10.1. The molecule has 0 aromatic carbocycles. The van der Waals surface area contributed by atoms with Crippen LogP contribution in [0, 0.1) is 0 Å². The molecule has 1 N–H and O–H groups in total. The summed E-state index contributed by atoms with van der Waals surface area (Å²) in [5, 5.41) is 7.57. The van der Waals surface area contributed by atoms with Crippen LogP contribution in [-0.2, 0) is 11.3 Å². The maximum absolute atomic E-state index is 12.8. The van der Waals surface area contributed by atoms with Crippen molar-refractivity contribution in [2.24, 2.45) is 4.99 Å². The monoisotopic (exact) mass is 525 g/mol. The molecule has 0 radical (unpaired) electrons. The van der Waals surface area contributed by atoms with E-state index in [0.717, 1.165) is 30.4 Å². The molecular weight excluding hydrogens is 493 g/mol. The molecule has 1 aliphatic heterocycles. The maximum Gasteiger partial charge on any atom is 0.242 e. The van der Waals surface area contributed by atoms with Crippen molar-refractivity contribution in [3.63, 3.8) is 0 Å². The van der Waals surface area contributed by atoms with Crippen molar-refractivity contribution in [3.05, 3.63) is 42.4 Å². The Morgan fingerprint density at radius 3 is 2.70 bits per heavy atom. The second-order valence-corrected chi connectivity index (χ2v) is 8.17. The molecule has 0 atom stereocenters. The standard InChI is InChI=1S/C21H31N7O.HI/c1-6-22-20(26-14-19(29)28(16(2)3)21(4,5)15-26)24-13-17-8-10-23-18(12-17)27-11-7-9-25-27;/h7-12,16H,6,13-15H2,1-5H3,(H,22,24);1H. The van der Waals surface area contributed by atoms with Gasteiger partial charge in [0.05, 0.1) is 18.6 Å². The van der Waals surface area contributed by atoms with Crippen LogP contribution in [-0.4, -0.2) is 67.6 Å². The zero-order valence-electron chi connectivity index (χ0n) is 18.4. The highest BCUT2D eigenvalue weighted by Crippen LogP contribution is 2.24. The van der Waals surface area contributed by atoms with E-state index >= 15 is 0 Å². The molecule has 8 nitrogen and oxygen atoms in total. The van der Waals surface area contributed by atoms with E-state index in [9.17, 15) is 4.79 Å². The van der Waals surface area contributed by atoms with Gasteiger partial charge in [-0.25, -0.2) is 14.7 Å². The number of hydrogen-bond acceptors (Lipinski definition) is 4. The number of pyridine rings is 1. The number of rotatable bonds is 5. The van der Waals surface area contributed by atoms with Gasteiger partial charge in [0.1, 0.15) is 0 Å². The van der Waals surface area contributed by atoms with E-state index in [0.29, 0.717) is 13.1 Å². The Morgan fingerprint density at radius 2 is 2.10 bits per heavy atom. The minimum atomic E-state index is -0.260. The first-order chi connectivity index (χ1) is 13.8. The fraction of sp³-hybridized carbons (Fsp3) is 0.524. The topological polar surface area (TPSA) is 78.6 Å². The molecule has 164 valence electrons. The van der Waals surface area contributed by atoms with E-state index in [-0.39, 0.29) is 41.5 Å². The molecule has 0 bridgehead atoms. The van der Waals surface area contributed by atoms with Crippen LogP contribution in [0.25, 0.3) is 5.82 Å². The van der Waals surface area contributed by atoms with Gasteiger partial charge >= 0.3 is 0 Å². The van der Waals surface area contributed by atoms with Crippen LogP contribution in [0.3, 0.4) is 0 Å². The van der Waals surface area contributed by atoms with Crippen molar-refractivity contribution < 1.29 is 4.79 Å². The molecule has 0 aliphatic carbocycles. The first kappa shape index (κ1) is 24.1. The van der Waals surface area contributed by atoms with Crippen molar-refractivity contribution in [1.82, 2.24) is 29.9 Å². The fourth-order valence-corrected chi connectivity index (χ4v) is 3.99. The van der Waals surface area contributed by atoms with E-state index in [1.165, 1.54) is 0 Å². The maximum atomic E-state index is 12.8. The molecule has 1 aliphatic rings. The molecular formula is C21H32IN7O.